The molecule has 0 bridgehead atoms. The first-order chi connectivity index (χ1) is 8.15. The van der Waals surface area contributed by atoms with E-state index in [0.29, 0.717) is 5.82 Å². The Morgan fingerprint density at radius 1 is 1.29 bits per heavy atom. The number of aromatic nitrogens is 1. The maximum atomic E-state index is 12.7. The van der Waals surface area contributed by atoms with Crippen LogP contribution >= 0.6 is 0 Å². The zero-order chi connectivity index (χ0) is 12.3. The minimum absolute atomic E-state index is 0.0662. The van der Waals surface area contributed by atoms with Gasteiger partial charge in [0.15, 0.2) is 0 Å². The Morgan fingerprint density at radius 3 is 2.76 bits per heavy atom. The van der Waals surface area contributed by atoms with Crippen molar-refractivity contribution in [3.05, 3.63) is 54.0 Å². The highest BCUT2D eigenvalue weighted by Crippen LogP contribution is 2.19. The van der Waals surface area contributed by atoms with Gasteiger partial charge in [0, 0.05) is 5.69 Å². The van der Waals surface area contributed by atoms with Gasteiger partial charge in [-0.05, 0) is 36.8 Å². The number of hydrogen-bond donors (Lipinski definition) is 2. The Labute approximate surface area is 99.5 Å². The van der Waals surface area contributed by atoms with Crippen LogP contribution in [0, 0.1) is 5.82 Å². The molecule has 0 aliphatic carbocycles. The van der Waals surface area contributed by atoms with Crippen molar-refractivity contribution in [3.63, 3.8) is 0 Å². The van der Waals surface area contributed by atoms with Gasteiger partial charge >= 0.3 is 0 Å². The zero-order valence-electron chi connectivity index (χ0n) is 9.52. The molecule has 0 saturated carbocycles. The Kier molecular flexibility index (Phi) is 3.23. The summed E-state index contributed by atoms with van der Waals surface area (Å²) in [5.74, 6) is 0.300. The summed E-state index contributed by atoms with van der Waals surface area (Å²) < 4.78 is 12.7. The lowest BCUT2D eigenvalue weighted by molar-refractivity contribution is 0.621. The van der Waals surface area contributed by atoms with Gasteiger partial charge in [0.2, 0.25) is 0 Å². The van der Waals surface area contributed by atoms with Crippen LogP contribution in [0.15, 0.2) is 42.6 Å². The van der Waals surface area contributed by atoms with E-state index in [1.165, 1.54) is 12.3 Å². The largest absolute Gasteiger partial charge is 0.399 e. The number of halogens is 1. The van der Waals surface area contributed by atoms with Crippen molar-refractivity contribution in [3.8, 4) is 0 Å². The van der Waals surface area contributed by atoms with E-state index in [-0.39, 0.29) is 11.9 Å². The van der Waals surface area contributed by atoms with E-state index in [1.807, 2.05) is 31.2 Å². The standard InChI is InChI=1S/C13H14FN3/c1-9(10-3-2-4-12(15)7-10)17-13-6-5-11(14)8-16-13/h2-9H,15H2,1H3,(H,16,17). The molecule has 0 radical (unpaired) electrons. The van der Waals surface area contributed by atoms with Crippen LogP contribution in [0.5, 0.6) is 0 Å². The number of rotatable bonds is 3. The van der Waals surface area contributed by atoms with Gasteiger partial charge in [-0.15, -0.1) is 0 Å². The highest BCUT2D eigenvalue weighted by atomic mass is 19.1. The van der Waals surface area contributed by atoms with Gasteiger partial charge in [0.1, 0.15) is 11.6 Å². The number of anilines is 2. The summed E-state index contributed by atoms with van der Waals surface area (Å²) in [6.07, 6.45) is 1.19. The molecule has 3 N–H and O–H groups in total. The molecule has 0 amide bonds. The number of nitrogens with one attached hydrogen (secondary N) is 1. The van der Waals surface area contributed by atoms with E-state index in [4.69, 9.17) is 5.73 Å². The summed E-state index contributed by atoms with van der Waals surface area (Å²) in [5.41, 5.74) is 7.51. The van der Waals surface area contributed by atoms with Gasteiger partial charge in [0.25, 0.3) is 0 Å². The van der Waals surface area contributed by atoms with Crippen LogP contribution in [0.3, 0.4) is 0 Å². The van der Waals surface area contributed by atoms with Crippen LogP contribution in [0.2, 0.25) is 0 Å². The van der Waals surface area contributed by atoms with Crippen molar-refractivity contribution >= 4 is 11.5 Å². The molecule has 17 heavy (non-hydrogen) atoms. The molecular weight excluding hydrogens is 217 g/mol. The lowest BCUT2D eigenvalue weighted by atomic mass is 10.1. The molecule has 2 aromatic rings. The summed E-state index contributed by atoms with van der Waals surface area (Å²) in [7, 11) is 0. The van der Waals surface area contributed by atoms with Crippen LogP contribution < -0.4 is 11.1 Å². The van der Waals surface area contributed by atoms with Gasteiger partial charge in [-0.25, -0.2) is 9.37 Å². The van der Waals surface area contributed by atoms with Gasteiger partial charge in [-0.3, -0.25) is 0 Å². The molecule has 1 atom stereocenters. The third-order valence-electron chi connectivity index (χ3n) is 2.50. The molecule has 0 saturated heterocycles. The fraction of sp³-hybridized carbons (Fsp3) is 0.154. The summed E-state index contributed by atoms with van der Waals surface area (Å²) in [6.45, 7) is 2.00. The van der Waals surface area contributed by atoms with Gasteiger partial charge in [0.05, 0.1) is 12.2 Å². The second-order valence-corrected chi connectivity index (χ2v) is 3.90. The molecule has 0 aliphatic heterocycles. The minimum atomic E-state index is -0.341. The van der Waals surface area contributed by atoms with Crippen LogP contribution in [0.4, 0.5) is 15.9 Å². The Morgan fingerprint density at radius 2 is 2.12 bits per heavy atom. The molecule has 0 aliphatic rings. The first-order valence-corrected chi connectivity index (χ1v) is 5.38. The van der Waals surface area contributed by atoms with E-state index in [1.54, 1.807) is 6.07 Å². The zero-order valence-corrected chi connectivity index (χ0v) is 9.52. The second-order valence-electron chi connectivity index (χ2n) is 3.90. The molecule has 1 aromatic carbocycles. The average molecular weight is 231 g/mol. The third kappa shape index (κ3) is 2.93. The molecule has 1 heterocycles. The minimum Gasteiger partial charge on any atom is -0.399 e. The van der Waals surface area contributed by atoms with E-state index >= 15 is 0 Å². The summed E-state index contributed by atoms with van der Waals surface area (Å²) in [4.78, 5) is 3.95. The molecular formula is C13H14FN3. The Bertz CT molecular complexity index is 496. The van der Waals surface area contributed by atoms with E-state index in [0.717, 1.165) is 11.3 Å². The molecule has 1 aromatic heterocycles. The van der Waals surface area contributed by atoms with Crippen molar-refractivity contribution in [2.24, 2.45) is 0 Å². The number of benzene rings is 1. The fourth-order valence-corrected chi connectivity index (χ4v) is 1.59. The van der Waals surface area contributed by atoms with Crippen LogP contribution in [0.25, 0.3) is 0 Å². The van der Waals surface area contributed by atoms with Crippen molar-refractivity contribution in [1.29, 1.82) is 0 Å². The summed E-state index contributed by atoms with van der Waals surface area (Å²) in [6, 6.07) is 10.7. The molecule has 88 valence electrons. The first kappa shape index (κ1) is 11.4. The van der Waals surface area contributed by atoms with Crippen molar-refractivity contribution in [2.45, 2.75) is 13.0 Å². The van der Waals surface area contributed by atoms with Gasteiger partial charge in [-0.1, -0.05) is 12.1 Å². The highest BCUT2D eigenvalue weighted by molar-refractivity contribution is 5.44. The lowest BCUT2D eigenvalue weighted by Crippen LogP contribution is -2.08. The monoisotopic (exact) mass is 231 g/mol. The Balaban J connectivity index is 2.11. The topological polar surface area (TPSA) is 50.9 Å². The normalized spacial score (nSPS) is 12.1. The summed E-state index contributed by atoms with van der Waals surface area (Å²) in [5, 5.41) is 3.18. The van der Waals surface area contributed by atoms with Crippen LogP contribution in [-0.2, 0) is 0 Å². The smallest absolute Gasteiger partial charge is 0.141 e. The number of nitrogens with two attached hydrogens (primary N) is 1. The van der Waals surface area contributed by atoms with E-state index in [9.17, 15) is 4.39 Å². The predicted octanol–water partition coefficient (Wildman–Crippen LogP) is 2.98. The number of nitrogens with zero attached hydrogens (tertiary/aromatic N) is 1. The summed E-state index contributed by atoms with van der Waals surface area (Å²) >= 11 is 0. The maximum absolute atomic E-state index is 12.7. The maximum Gasteiger partial charge on any atom is 0.141 e. The molecule has 4 heteroatoms. The van der Waals surface area contributed by atoms with Crippen molar-refractivity contribution in [1.82, 2.24) is 4.98 Å². The quantitative estimate of drug-likeness (QED) is 0.798. The van der Waals surface area contributed by atoms with E-state index < -0.39 is 0 Å². The molecule has 2 rings (SSSR count). The molecule has 1 unspecified atom stereocenters. The van der Waals surface area contributed by atoms with Gasteiger partial charge < -0.3 is 11.1 Å². The number of pyridine rings is 1. The average Bonchev–Trinajstić information content (AvgIpc) is 2.32. The van der Waals surface area contributed by atoms with E-state index in [2.05, 4.69) is 10.3 Å². The molecule has 0 fully saturated rings. The molecule has 0 spiro atoms. The SMILES string of the molecule is CC(Nc1ccc(F)cn1)c1cccc(N)c1. The van der Waals surface area contributed by atoms with Crippen molar-refractivity contribution < 1.29 is 4.39 Å². The third-order valence-corrected chi connectivity index (χ3v) is 2.50. The number of hydrogen-bond acceptors (Lipinski definition) is 3. The van der Waals surface area contributed by atoms with Crippen molar-refractivity contribution in [2.75, 3.05) is 11.1 Å². The predicted molar refractivity (Wildman–Crippen MR) is 67.1 cm³/mol. The van der Waals surface area contributed by atoms with Gasteiger partial charge in [-0.2, -0.15) is 0 Å². The highest BCUT2D eigenvalue weighted by Gasteiger charge is 2.06. The van der Waals surface area contributed by atoms with Crippen LogP contribution in [-0.4, -0.2) is 4.98 Å². The molecule has 3 nitrogen and oxygen atoms in total. The lowest BCUT2D eigenvalue weighted by Gasteiger charge is -2.15. The fourth-order valence-electron chi connectivity index (χ4n) is 1.59. The number of nitrogen functional groups attached to an aromatic ring is 1. The Hall–Kier alpha value is -2.10. The van der Waals surface area contributed by atoms with Crippen LogP contribution in [0.1, 0.15) is 18.5 Å². The second kappa shape index (κ2) is 4.82. The first-order valence-electron chi connectivity index (χ1n) is 5.38.